The molecule has 86 valence electrons. The molecular weight excluding hydrogens is 207 g/mol. The molecule has 0 fully saturated rings. The largest absolute Gasteiger partial charge is 0.463 e. The second kappa shape index (κ2) is 5.45. The number of esters is 1. The number of halogens is 1. The van der Waals surface area contributed by atoms with Gasteiger partial charge in [0.05, 0.1) is 6.61 Å². The summed E-state index contributed by atoms with van der Waals surface area (Å²) in [4.78, 5) is 11.1. The highest BCUT2D eigenvalue weighted by atomic mass is 19.1. The molecule has 0 atom stereocenters. The molecule has 3 heteroatoms. The Balaban J connectivity index is 2.93. The SMILES string of the molecule is CCOC(=O)C=Cc1c(C)cc(F)cc1C. The molecule has 0 saturated carbocycles. The van der Waals surface area contributed by atoms with Gasteiger partial charge in [0.2, 0.25) is 0 Å². The third kappa shape index (κ3) is 3.19. The van der Waals surface area contributed by atoms with Crippen molar-refractivity contribution in [3.05, 3.63) is 40.7 Å². The first kappa shape index (κ1) is 12.4. The van der Waals surface area contributed by atoms with E-state index in [1.807, 2.05) is 0 Å². The molecule has 0 aliphatic carbocycles. The Morgan fingerprint density at radius 3 is 2.44 bits per heavy atom. The summed E-state index contributed by atoms with van der Waals surface area (Å²) >= 11 is 0. The Labute approximate surface area is 94.7 Å². The summed E-state index contributed by atoms with van der Waals surface area (Å²) in [5.74, 6) is -0.645. The van der Waals surface area contributed by atoms with E-state index in [1.165, 1.54) is 18.2 Å². The number of hydrogen-bond donors (Lipinski definition) is 0. The molecule has 1 aromatic carbocycles. The monoisotopic (exact) mass is 222 g/mol. The van der Waals surface area contributed by atoms with Crippen LogP contribution in [0.15, 0.2) is 18.2 Å². The van der Waals surface area contributed by atoms with Gasteiger partial charge in [-0.05, 0) is 55.7 Å². The van der Waals surface area contributed by atoms with Gasteiger partial charge in [-0.1, -0.05) is 0 Å². The van der Waals surface area contributed by atoms with Gasteiger partial charge in [-0.3, -0.25) is 0 Å². The van der Waals surface area contributed by atoms with Crippen molar-refractivity contribution in [1.82, 2.24) is 0 Å². The van der Waals surface area contributed by atoms with Crippen molar-refractivity contribution in [2.75, 3.05) is 6.61 Å². The molecule has 0 spiro atoms. The van der Waals surface area contributed by atoms with Crippen LogP contribution in [0.4, 0.5) is 4.39 Å². The number of aryl methyl sites for hydroxylation is 2. The van der Waals surface area contributed by atoms with Crippen LogP contribution in [0.2, 0.25) is 0 Å². The van der Waals surface area contributed by atoms with Gasteiger partial charge in [0.1, 0.15) is 5.82 Å². The van der Waals surface area contributed by atoms with E-state index >= 15 is 0 Å². The van der Waals surface area contributed by atoms with Crippen LogP contribution in [0.25, 0.3) is 6.08 Å². The van der Waals surface area contributed by atoms with E-state index in [1.54, 1.807) is 26.8 Å². The summed E-state index contributed by atoms with van der Waals surface area (Å²) in [5.41, 5.74) is 2.46. The molecular formula is C13H15FO2. The number of benzene rings is 1. The smallest absolute Gasteiger partial charge is 0.330 e. The lowest BCUT2D eigenvalue weighted by molar-refractivity contribution is -0.137. The summed E-state index contributed by atoms with van der Waals surface area (Å²) in [6.45, 7) is 5.71. The fourth-order valence-corrected chi connectivity index (χ4v) is 1.53. The van der Waals surface area contributed by atoms with Gasteiger partial charge < -0.3 is 4.74 Å². The van der Waals surface area contributed by atoms with E-state index in [0.29, 0.717) is 6.61 Å². The van der Waals surface area contributed by atoms with Crippen molar-refractivity contribution in [3.8, 4) is 0 Å². The number of carbonyl (C=O) groups excluding carboxylic acids is 1. The van der Waals surface area contributed by atoms with Gasteiger partial charge in [0.25, 0.3) is 0 Å². The van der Waals surface area contributed by atoms with Gasteiger partial charge in [-0.25, -0.2) is 9.18 Å². The van der Waals surface area contributed by atoms with E-state index in [0.717, 1.165) is 16.7 Å². The summed E-state index contributed by atoms with van der Waals surface area (Å²) in [6.07, 6.45) is 3.01. The van der Waals surface area contributed by atoms with Crippen molar-refractivity contribution in [2.24, 2.45) is 0 Å². The second-order valence-electron chi connectivity index (χ2n) is 3.54. The van der Waals surface area contributed by atoms with Crippen LogP contribution >= 0.6 is 0 Å². The lowest BCUT2D eigenvalue weighted by Crippen LogP contribution is -1.99. The zero-order valence-corrected chi connectivity index (χ0v) is 9.71. The van der Waals surface area contributed by atoms with Gasteiger partial charge in [-0.15, -0.1) is 0 Å². The highest BCUT2D eigenvalue weighted by molar-refractivity contribution is 5.87. The van der Waals surface area contributed by atoms with Crippen LogP contribution in [0, 0.1) is 19.7 Å². The van der Waals surface area contributed by atoms with E-state index < -0.39 is 0 Å². The lowest BCUT2D eigenvalue weighted by Gasteiger charge is -2.05. The molecule has 0 aliphatic heterocycles. The van der Waals surface area contributed by atoms with E-state index in [4.69, 9.17) is 4.74 Å². The van der Waals surface area contributed by atoms with E-state index in [9.17, 15) is 9.18 Å². The third-order valence-electron chi connectivity index (χ3n) is 2.23. The normalized spacial score (nSPS) is 10.8. The van der Waals surface area contributed by atoms with Crippen molar-refractivity contribution < 1.29 is 13.9 Å². The maximum absolute atomic E-state index is 13.0. The zero-order valence-electron chi connectivity index (χ0n) is 9.71. The van der Waals surface area contributed by atoms with Crippen LogP contribution < -0.4 is 0 Å². The number of carbonyl (C=O) groups is 1. The Bertz CT molecular complexity index is 399. The fourth-order valence-electron chi connectivity index (χ4n) is 1.53. The van der Waals surface area contributed by atoms with Crippen LogP contribution in [0.5, 0.6) is 0 Å². The minimum absolute atomic E-state index is 0.261. The van der Waals surface area contributed by atoms with Crippen molar-refractivity contribution >= 4 is 12.0 Å². The van der Waals surface area contributed by atoms with E-state index in [-0.39, 0.29) is 11.8 Å². The Hall–Kier alpha value is -1.64. The maximum Gasteiger partial charge on any atom is 0.330 e. The first-order valence-corrected chi connectivity index (χ1v) is 5.16. The molecule has 2 nitrogen and oxygen atoms in total. The first-order chi connectivity index (χ1) is 7.54. The topological polar surface area (TPSA) is 26.3 Å². The maximum atomic E-state index is 13.0. The molecule has 1 rings (SSSR count). The molecule has 0 bridgehead atoms. The molecule has 1 aromatic rings. The summed E-state index contributed by atoms with van der Waals surface area (Å²) < 4.78 is 17.8. The Kier molecular flexibility index (Phi) is 4.23. The molecule has 0 heterocycles. The van der Waals surface area contributed by atoms with Crippen molar-refractivity contribution in [1.29, 1.82) is 0 Å². The minimum atomic E-state index is -0.384. The van der Waals surface area contributed by atoms with Crippen LogP contribution in [-0.2, 0) is 9.53 Å². The van der Waals surface area contributed by atoms with Crippen LogP contribution in [0.1, 0.15) is 23.6 Å². The van der Waals surface area contributed by atoms with Crippen molar-refractivity contribution in [2.45, 2.75) is 20.8 Å². The summed E-state index contributed by atoms with van der Waals surface area (Å²) in [5, 5.41) is 0. The Morgan fingerprint density at radius 1 is 1.38 bits per heavy atom. The number of ether oxygens (including phenoxy) is 1. The molecule has 0 amide bonds. The summed E-state index contributed by atoms with van der Waals surface area (Å²) in [7, 11) is 0. The molecule has 0 radical (unpaired) electrons. The molecule has 0 unspecified atom stereocenters. The summed E-state index contributed by atoms with van der Waals surface area (Å²) in [6, 6.07) is 2.88. The van der Waals surface area contributed by atoms with Gasteiger partial charge in [-0.2, -0.15) is 0 Å². The van der Waals surface area contributed by atoms with E-state index in [2.05, 4.69) is 0 Å². The molecule has 0 aliphatic rings. The predicted molar refractivity (Wildman–Crippen MR) is 61.5 cm³/mol. The van der Waals surface area contributed by atoms with Crippen LogP contribution in [-0.4, -0.2) is 12.6 Å². The Morgan fingerprint density at radius 2 is 1.94 bits per heavy atom. The van der Waals surface area contributed by atoms with Gasteiger partial charge in [0, 0.05) is 6.08 Å². The third-order valence-corrected chi connectivity index (χ3v) is 2.23. The van der Waals surface area contributed by atoms with Crippen molar-refractivity contribution in [3.63, 3.8) is 0 Å². The molecule has 0 N–H and O–H groups in total. The fraction of sp³-hybridized carbons (Fsp3) is 0.308. The minimum Gasteiger partial charge on any atom is -0.463 e. The quantitative estimate of drug-likeness (QED) is 0.580. The van der Waals surface area contributed by atoms with Crippen LogP contribution in [0.3, 0.4) is 0 Å². The van der Waals surface area contributed by atoms with Gasteiger partial charge in [0.15, 0.2) is 0 Å². The molecule has 0 aromatic heterocycles. The highest BCUT2D eigenvalue weighted by Gasteiger charge is 2.03. The second-order valence-corrected chi connectivity index (χ2v) is 3.54. The predicted octanol–water partition coefficient (Wildman–Crippen LogP) is 3.02. The lowest BCUT2D eigenvalue weighted by atomic mass is 10.0. The zero-order chi connectivity index (χ0) is 12.1. The number of rotatable bonds is 3. The first-order valence-electron chi connectivity index (χ1n) is 5.16. The van der Waals surface area contributed by atoms with Gasteiger partial charge >= 0.3 is 5.97 Å². The highest BCUT2D eigenvalue weighted by Crippen LogP contribution is 2.17. The standard InChI is InChI=1S/C13H15FO2/c1-4-16-13(15)6-5-12-9(2)7-11(14)8-10(12)3/h5-8H,4H2,1-3H3. The average Bonchev–Trinajstić information content (AvgIpc) is 2.16. The molecule has 0 saturated heterocycles. The number of hydrogen-bond acceptors (Lipinski definition) is 2. The average molecular weight is 222 g/mol. The molecule has 16 heavy (non-hydrogen) atoms.